The van der Waals surface area contributed by atoms with E-state index in [4.69, 9.17) is 0 Å². The number of anilines is 1. The molecule has 0 aliphatic carbocycles. The van der Waals surface area contributed by atoms with E-state index in [1.807, 2.05) is 78.9 Å². The fourth-order valence-electron chi connectivity index (χ4n) is 3.65. The normalized spacial score (nSPS) is 16.7. The van der Waals surface area contributed by atoms with Crippen LogP contribution in [0.3, 0.4) is 0 Å². The molecule has 1 heterocycles. The summed E-state index contributed by atoms with van der Waals surface area (Å²) < 4.78 is 0. The number of carbonyl (C=O) groups is 2. The molecule has 0 saturated carbocycles. The zero-order valence-corrected chi connectivity index (χ0v) is 16.3. The van der Waals surface area contributed by atoms with Gasteiger partial charge in [-0.1, -0.05) is 72.8 Å². The first-order valence-electron chi connectivity index (χ1n) is 9.68. The number of hydrogen-bond donors (Lipinski definition) is 0. The van der Waals surface area contributed by atoms with E-state index in [1.54, 1.807) is 17.9 Å². The van der Waals surface area contributed by atoms with Crippen molar-refractivity contribution in [1.82, 2.24) is 0 Å². The summed E-state index contributed by atoms with van der Waals surface area (Å²) in [5.74, 6) is -1.27. The van der Waals surface area contributed by atoms with Crippen molar-refractivity contribution in [3.05, 3.63) is 102 Å². The molecular weight excluding hydrogens is 360 g/mol. The van der Waals surface area contributed by atoms with Crippen molar-refractivity contribution in [2.45, 2.75) is 20.0 Å². The van der Waals surface area contributed by atoms with E-state index >= 15 is 0 Å². The van der Waals surface area contributed by atoms with E-state index < -0.39 is 5.92 Å². The van der Waals surface area contributed by atoms with Gasteiger partial charge in [-0.05, 0) is 30.2 Å². The predicted octanol–water partition coefficient (Wildman–Crippen LogP) is 4.69. The van der Waals surface area contributed by atoms with Gasteiger partial charge in [-0.2, -0.15) is 0 Å². The summed E-state index contributed by atoms with van der Waals surface area (Å²) >= 11 is 0. The Morgan fingerprint density at radius 2 is 1.41 bits per heavy atom. The summed E-state index contributed by atoms with van der Waals surface area (Å²) in [6.07, 6.45) is 0. The van der Waals surface area contributed by atoms with Gasteiger partial charge in [0.15, 0.2) is 5.78 Å². The molecule has 0 bridgehead atoms. The fraction of sp³-hybridized carbons (Fsp3) is 0.160. The molecule has 0 saturated heterocycles. The Morgan fingerprint density at radius 1 is 0.828 bits per heavy atom. The quantitative estimate of drug-likeness (QED) is 0.475. The lowest BCUT2D eigenvalue weighted by atomic mass is 9.87. The second kappa shape index (κ2) is 8.23. The van der Waals surface area contributed by atoms with Gasteiger partial charge >= 0.3 is 0 Å². The number of aliphatic imine (C=N–C) groups is 1. The Morgan fingerprint density at radius 3 is 2.10 bits per heavy atom. The zero-order chi connectivity index (χ0) is 20.2. The first-order chi connectivity index (χ1) is 14.1. The van der Waals surface area contributed by atoms with Crippen molar-refractivity contribution in [2.75, 3.05) is 4.90 Å². The number of ketones is 1. The van der Waals surface area contributed by atoms with Crippen molar-refractivity contribution in [2.24, 2.45) is 10.9 Å². The van der Waals surface area contributed by atoms with Crippen LogP contribution in [0.2, 0.25) is 0 Å². The van der Waals surface area contributed by atoms with Crippen LogP contribution >= 0.6 is 0 Å². The highest BCUT2D eigenvalue weighted by atomic mass is 16.2. The van der Waals surface area contributed by atoms with Gasteiger partial charge in [0.2, 0.25) is 5.91 Å². The zero-order valence-electron chi connectivity index (χ0n) is 16.3. The summed E-state index contributed by atoms with van der Waals surface area (Å²) in [6, 6.07) is 27.0. The van der Waals surface area contributed by atoms with E-state index in [2.05, 4.69) is 4.99 Å². The number of benzene rings is 3. The maximum atomic E-state index is 13.4. The lowest BCUT2D eigenvalue weighted by molar-refractivity contribution is -0.119. The second-order valence-corrected chi connectivity index (χ2v) is 7.17. The highest BCUT2D eigenvalue weighted by Crippen LogP contribution is 2.32. The largest absolute Gasteiger partial charge is 0.306 e. The average Bonchev–Trinajstić information content (AvgIpc) is 2.77. The third kappa shape index (κ3) is 3.87. The summed E-state index contributed by atoms with van der Waals surface area (Å²) in [4.78, 5) is 32.8. The molecule has 0 fully saturated rings. The monoisotopic (exact) mass is 382 g/mol. The standard InChI is InChI=1S/C25H22N2O2/c1-18(26-16-19-10-4-2-5-11-19)23-24(28)21-14-8-9-15-22(21)27(25(23)29)17-20-12-6-3-7-13-20/h2-15,23H,16-17H2,1H3. The molecule has 0 radical (unpaired) electrons. The number of hydrogen-bond acceptors (Lipinski definition) is 3. The van der Waals surface area contributed by atoms with Crippen LogP contribution in [0, 0.1) is 5.92 Å². The average molecular weight is 382 g/mol. The number of Topliss-reactive ketones (excluding diaryl/α,β-unsaturated/α-hetero) is 1. The molecule has 1 aliphatic rings. The second-order valence-electron chi connectivity index (χ2n) is 7.17. The molecular formula is C25H22N2O2. The molecule has 4 nitrogen and oxygen atoms in total. The molecule has 4 rings (SSSR count). The van der Waals surface area contributed by atoms with Crippen LogP contribution in [0.15, 0.2) is 89.9 Å². The van der Waals surface area contributed by atoms with Crippen molar-refractivity contribution in [3.63, 3.8) is 0 Å². The Kier molecular flexibility index (Phi) is 5.34. The first-order valence-corrected chi connectivity index (χ1v) is 9.68. The van der Waals surface area contributed by atoms with Crippen molar-refractivity contribution < 1.29 is 9.59 Å². The molecule has 1 aliphatic heterocycles. The van der Waals surface area contributed by atoms with Crippen LogP contribution in [0.25, 0.3) is 0 Å². The third-order valence-electron chi connectivity index (χ3n) is 5.19. The number of amides is 1. The number of rotatable bonds is 5. The SMILES string of the molecule is CC(=NCc1ccccc1)C1C(=O)c2ccccc2N(Cc2ccccc2)C1=O. The van der Waals surface area contributed by atoms with Gasteiger partial charge in [0.25, 0.3) is 0 Å². The lowest BCUT2D eigenvalue weighted by Crippen LogP contribution is -2.47. The lowest BCUT2D eigenvalue weighted by Gasteiger charge is -2.33. The van der Waals surface area contributed by atoms with Crippen molar-refractivity contribution in [3.8, 4) is 0 Å². The van der Waals surface area contributed by atoms with Crippen LogP contribution in [-0.2, 0) is 17.9 Å². The maximum Gasteiger partial charge on any atom is 0.244 e. The van der Waals surface area contributed by atoms with Gasteiger partial charge in [-0.25, -0.2) is 0 Å². The van der Waals surface area contributed by atoms with Crippen molar-refractivity contribution in [1.29, 1.82) is 0 Å². The minimum absolute atomic E-state index is 0.177. The van der Waals surface area contributed by atoms with Gasteiger partial charge < -0.3 is 4.90 Å². The Hall–Kier alpha value is -3.53. The van der Waals surface area contributed by atoms with E-state index in [1.165, 1.54) is 0 Å². The summed E-state index contributed by atoms with van der Waals surface area (Å²) in [5, 5.41) is 0. The number of nitrogens with zero attached hydrogens (tertiary/aromatic N) is 2. The molecule has 4 heteroatoms. The summed E-state index contributed by atoms with van der Waals surface area (Å²) in [6.45, 7) is 2.65. The third-order valence-corrected chi connectivity index (χ3v) is 5.19. The first kappa shape index (κ1) is 18.8. The van der Waals surface area contributed by atoms with Crippen LogP contribution in [0.5, 0.6) is 0 Å². The topological polar surface area (TPSA) is 49.7 Å². The molecule has 3 aromatic carbocycles. The van der Waals surface area contributed by atoms with Gasteiger partial charge in [0.1, 0.15) is 5.92 Å². The smallest absolute Gasteiger partial charge is 0.244 e. The molecule has 1 unspecified atom stereocenters. The molecule has 0 N–H and O–H groups in total. The molecule has 3 aromatic rings. The van der Waals surface area contributed by atoms with Gasteiger partial charge in [-0.3, -0.25) is 14.6 Å². The van der Waals surface area contributed by atoms with Crippen molar-refractivity contribution >= 4 is 23.1 Å². The molecule has 0 spiro atoms. The van der Waals surface area contributed by atoms with E-state index in [9.17, 15) is 9.59 Å². The van der Waals surface area contributed by atoms with E-state index in [0.29, 0.717) is 30.1 Å². The van der Waals surface area contributed by atoms with Gasteiger partial charge in [0.05, 0.1) is 18.8 Å². The van der Waals surface area contributed by atoms with E-state index in [-0.39, 0.29) is 11.7 Å². The molecule has 29 heavy (non-hydrogen) atoms. The minimum Gasteiger partial charge on any atom is -0.306 e. The Labute approximate surface area is 170 Å². The van der Waals surface area contributed by atoms with Gasteiger partial charge in [0, 0.05) is 11.3 Å². The number of para-hydroxylation sites is 1. The predicted molar refractivity (Wildman–Crippen MR) is 115 cm³/mol. The van der Waals surface area contributed by atoms with Crippen LogP contribution in [0.4, 0.5) is 5.69 Å². The maximum absolute atomic E-state index is 13.4. The molecule has 144 valence electrons. The van der Waals surface area contributed by atoms with Gasteiger partial charge in [-0.15, -0.1) is 0 Å². The van der Waals surface area contributed by atoms with Crippen LogP contribution in [-0.4, -0.2) is 17.4 Å². The summed E-state index contributed by atoms with van der Waals surface area (Å²) in [7, 11) is 0. The van der Waals surface area contributed by atoms with Crippen LogP contribution < -0.4 is 4.90 Å². The molecule has 0 aromatic heterocycles. The summed E-state index contributed by atoms with van der Waals surface area (Å²) in [5.41, 5.74) is 3.85. The Bertz CT molecular complexity index is 1060. The van der Waals surface area contributed by atoms with E-state index in [0.717, 1.165) is 11.1 Å². The van der Waals surface area contributed by atoms with Crippen LogP contribution in [0.1, 0.15) is 28.4 Å². The highest BCUT2D eigenvalue weighted by molar-refractivity contribution is 6.32. The minimum atomic E-state index is -0.877. The number of fused-ring (bicyclic) bond motifs is 1. The molecule has 1 atom stereocenters. The Balaban J connectivity index is 1.68. The fourth-order valence-corrected chi connectivity index (χ4v) is 3.65. The molecule has 1 amide bonds. The number of carbonyl (C=O) groups excluding carboxylic acids is 2. The highest BCUT2D eigenvalue weighted by Gasteiger charge is 2.40.